The minimum Gasteiger partial charge on any atom is -0.396 e. The molecule has 5 heteroatoms. The number of rotatable bonds is 5. The van der Waals surface area contributed by atoms with Crippen LogP contribution < -0.4 is 5.32 Å². The highest BCUT2D eigenvalue weighted by Gasteiger charge is 2.36. The Morgan fingerprint density at radius 1 is 1.25 bits per heavy atom. The first-order valence-electron chi connectivity index (χ1n) is 7.73. The monoisotopic (exact) mass is 282 g/mol. The molecule has 5 nitrogen and oxygen atoms in total. The Morgan fingerprint density at radius 3 is 2.55 bits per heavy atom. The molecule has 2 rings (SSSR count). The van der Waals surface area contributed by atoms with Crippen LogP contribution in [0.1, 0.15) is 39.5 Å². The van der Waals surface area contributed by atoms with Crippen molar-refractivity contribution in [2.45, 2.75) is 45.6 Å². The molecule has 1 heterocycles. The number of hydrogen-bond donors (Lipinski definition) is 2. The maximum atomic E-state index is 12.3. The molecule has 1 saturated heterocycles. The lowest BCUT2D eigenvalue weighted by atomic mass is 9.95. The number of carbonyl (C=O) groups excluding carboxylic acids is 2. The second kappa shape index (κ2) is 6.57. The molecule has 0 spiro atoms. The Hall–Kier alpha value is -1.10. The summed E-state index contributed by atoms with van der Waals surface area (Å²) in [4.78, 5) is 26.2. The molecule has 0 aromatic heterocycles. The van der Waals surface area contributed by atoms with E-state index in [0.29, 0.717) is 6.54 Å². The van der Waals surface area contributed by atoms with E-state index in [0.717, 1.165) is 32.2 Å². The molecule has 2 amide bonds. The van der Waals surface area contributed by atoms with E-state index in [2.05, 4.69) is 5.32 Å². The summed E-state index contributed by atoms with van der Waals surface area (Å²) in [6, 6.07) is -0.0398. The quantitative estimate of drug-likeness (QED) is 0.782. The minimum atomic E-state index is -0.0974. The van der Waals surface area contributed by atoms with Crippen molar-refractivity contribution in [2.24, 2.45) is 17.8 Å². The van der Waals surface area contributed by atoms with Crippen molar-refractivity contribution in [2.75, 3.05) is 19.7 Å². The third-order valence-corrected chi connectivity index (χ3v) is 4.54. The van der Waals surface area contributed by atoms with Crippen molar-refractivity contribution < 1.29 is 14.7 Å². The van der Waals surface area contributed by atoms with E-state index in [1.165, 1.54) is 0 Å². The minimum absolute atomic E-state index is 0.0195. The van der Waals surface area contributed by atoms with Gasteiger partial charge in [-0.1, -0.05) is 6.92 Å². The van der Waals surface area contributed by atoms with Gasteiger partial charge >= 0.3 is 0 Å². The van der Waals surface area contributed by atoms with Gasteiger partial charge in [0.1, 0.15) is 0 Å². The third-order valence-electron chi connectivity index (χ3n) is 4.54. The van der Waals surface area contributed by atoms with Gasteiger partial charge in [0.25, 0.3) is 0 Å². The SMILES string of the molecule is CC(CO)C(C)NC(=O)C1CCCN(C(=O)C2CC2)C1. The molecule has 3 atom stereocenters. The van der Waals surface area contributed by atoms with Gasteiger partial charge in [-0.3, -0.25) is 9.59 Å². The zero-order valence-electron chi connectivity index (χ0n) is 12.5. The fourth-order valence-electron chi connectivity index (χ4n) is 2.62. The van der Waals surface area contributed by atoms with Crippen molar-refractivity contribution >= 4 is 11.8 Å². The summed E-state index contributed by atoms with van der Waals surface area (Å²) >= 11 is 0. The Bertz CT molecular complexity index is 368. The van der Waals surface area contributed by atoms with Crippen LogP contribution in [0, 0.1) is 17.8 Å². The van der Waals surface area contributed by atoms with E-state index < -0.39 is 0 Å². The maximum absolute atomic E-state index is 12.3. The van der Waals surface area contributed by atoms with Crippen molar-refractivity contribution in [3.8, 4) is 0 Å². The van der Waals surface area contributed by atoms with E-state index in [-0.39, 0.29) is 42.2 Å². The lowest BCUT2D eigenvalue weighted by Gasteiger charge is -2.33. The van der Waals surface area contributed by atoms with Crippen LogP contribution in [0.5, 0.6) is 0 Å². The number of hydrogen-bond acceptors (Lipinski definition) is 3. The Balaban J connectivity index is 1.84. The number of likely N-dealkylation sites (tertiary alicyclic amines) is 1. The first kappa shape index (κ1) is 15.3. The number of piperidine rings is 1. The smallest absolute Gasteiger partial charge is 0.225 e. The second-order valence-electron chi connectivity index (χ2n) is 6.35. The highest BCUT2D eigenvalue weighted by molar-refractivity contribution is 5.83. The predicted molar refractivity (Wildman–Crippen MR) is 75.9 cm³/mol. The Morgan fingerprint density at radius 2 is 1.95 bits per heavy atom. The highest BCUT2D eigenvalue weighted by atomic mass is 16.3. The van der Waals surface area contributed by atoms with Crippen molar-refractivity contribution in [1.29, 1.82) is 0 Å². The van der Waals surface area contributed by atoms with Gasteiger partial charge in [0.2, 0.25) is 11.8 Å². The van der Waals surface area contributed by atoms with Crippen LogP contribution in [0.2, 0.25) is 0 Å². The lowest BCUT2D eigenvalue weighted by molar-refractivity contribution is -0.137. The van der Waals surface area contributed by atoms with Crippen molar-refractivity contribution in [3.05, 3.63) is 0 Å². The number of aliphatic hydroxyl groups excluding tert-OH is 1. The van der Waals surface area contributed by atoms with Gasteiger partial charge in [0, 0.05) is 31.7 Å². The van der Waals surface area contributed by atoms with Gasteiger partial charge in [0.15, 0.2) is 0 Å². The van der Waals surface area contributed by atoms with Crippen LogP contribution in [0.25, 0.3) is 0 Å². The van der Waals surface area contributed by atoms with Gasteiger partial charge in [-0.25, -0.2) is 0 Å². The largest absolute Gasteiger partial charge is 0.396 e. The molecule has 3 unspecified atom stereocenters. The molecule has 1 aliphatic carbocycles. The summed E-state index contributed by atoms with van der Waals surface area (Å²) in [7, 11) is 0. The van der Waals surface area contributed by atoms with E-state index in [1.54, 1.807) is 0 Å². The topological polar surface area (TPSA) is 69.6 Å². The first-order chi connectivity index (χ1) is 9.52. The first-order valence-corrected chi connectivity index (χ1v) is 7.73. The van der Waals surface area contributed by atoms with Crippen LogP contribution in [0.15, 0.2) is 0 Å². The van der Waals surface area contributed by atoms with E-state index in [1.807, 2.05) is 18.7 Å². The molecule has 0 radical (unpaired) electrons. The average Bonchev–Trinajstić information content (AvgIpc) is 3.30. The van der Waals surface area contributed by atoms with Gasteiger partial charge in [-0.2, -0.15) is 0 Å². The number of amides is 2. The van der Waals surface area contributed by atoms with E-state index in [9.17, 15) is 9.59 Å². The second-order valence-corrected chi connectivity index (χ2v) is 6.35. The Kier molecular flexibility index (Phi) is 5.02. The average molecular weight is 282 g/mol. The van der Waals surface area contributed by atoms with Crippen LogP contribution in [-0.2, 0) is 9.59 Å². The standard InChI is InChI=1S/C15H26N2O3/c1-10(9-18)11(2)16-14(19)13-4-3-7-17(8-13)15(20)12-5-6-12/h10-13,18H,3-9H2,1-2H3,(H,16,19). The molecule has 2 aliphatic rings. The molecule has 0 bridgehead atoms. The molecule has 1 saturated carbocycles. The summed E-state index contributed by atoms with van der Waals surface area (Å²) in [5.41, 5.74) is 0. The maximum Gasteiger partial charge on any atom is 0.225 e. The highest BCUT2D eigenvalue weighted by Crippen LogP contribution is 2.32. The number of aliphatic hydroxyl groups is 1. The van der Waals surface area contributed by atoms with E-state index in [4.69, 9.17) is 5.11 Å². The summed E-state index contributed by atoms with van der Waals surface area (Å²) < 4.78 is 0. The number of nitrogens with one attached hydrogen (secondary N) is 1. The van der Waals surface area contributed by atoms with Crippen molar-refractivity contribution in [3.63, 3.8) is 0 Å². The molecule has 0 aromatic carbocycles. The van der Waals surface area contributed by atoms with Crippen LogP contribution in [-0.4, -0.2) is 47.6 Å². The fourth-order valence-corrected chi connectivity index (χ4v) is 2.62. The van der Waals surface area contributed by atoms with Crippen LogP contribution in [0.3, 0.4) is 0 Å². The van der Waals surface area contributed by atoms with Gasteiger partial charge in [-0.15, -0.1) is 0 Å². The summed E-state index contributed by atoms with van der Waals surface area (Å²) in [6.45, 7) is 5.24. The zero-order valence-corrected chi connectivity index (χ0v) is 12.5. The third kappa shape index (κ3) is 3.72. The molecule has 2 N–H and O–H groups in total. The predicted octanol–water partition coefficient (Wildman–Crippen LogP) is 0.768. The molecule has 20 heavy (non-hydrogen) atoms. The van der Waals surface area contributed by atoms with E-state index >= 15 is 0 Å². The normalized spacial score (nSPS) is 25.9. The van der Waals surface area contributed by atoms with Crippen molar-refractivity contribution in [1.82, 2.24) is 10.2 Å². The molecule has 114 valence electrons. The lowest BCUT2D eigenvalue weighted by Crippen LogP contribution is -2.48. The molecule has 2 fully saturated rings. The van der Waals surface area contributed by atoms with Gasteiger partial charge in [-0.05, 0) is 38.5 Å². The Labute approximate surface area is 120 Å². The molecule has 0 aromatic rings. The van der Waals surface area contributed by atoms with Gasteiger partial charge in [0.05, 0.1) is 5.92 Å². The number of nitrogens with zero attached hydrogens (tertiary/aromatic N) is 1. The summed E-state index contributed by atoms with van der Waals surface area (Å²) in [6.07, 6.45) is 3.77. The molecular formula is C15H26N2O3. The number of carbonyl (C=O) groups is 2. The fraction of sp³-hybridized carbons (Fsp3) is 0.867. The van der Waals surface area contributed by atoms with Crippen LogP contribution in [0.4, 0.5) is 0 Å². The molecular weight excluding hydrogens is 256 g/mol. The summed E-state index contributed by atoms with van der Waals surface area (Å²) in [5, 5.41) is 12.1. The van der Waals surface area contributed by atoms with Gasteiger partial charge < -0.3 is 15.3 Å². The zero-order chi connectivity index (χ0) is 14.7. The van der Waals surface area contributed by atoms with Crippen LogP contribution >= 0.6 is 0 Å². The summed E-state index contributed by atoms with van der Waals surface area (Å²) in [5.74, 6) is 0.432. The molecule has 1 aliphatic heterocycles.